The summed E-state index contributed by atoms with van der Waals surface area (Å²) in [6.07, 6.45) is -5.07. The first-order valence-electron chi connectivity index (χ1n) is 9.15. The van der Waals surface area contributed by atoms with E-state index in [0.29, 0.717) is 25.1 Å². The standard InChI is InChI=1S/C18H24F3N3O5/c1-12(2)9-23-5-6-28-14(10-23)8-22-17(25)11-29-16-4-3-13(24(26)27)7-15(16)18(19,20)21/h3-4,7,12,14H,5-6,8-11H2,1-2H3,(H,22,25). The zero-order chi connectivity index (χ0) is 21.6. The molecule has 1 heterocycles. The molecule has 1 unspecified atom stereocenters. The fourth-order valence-electron chi connectivity index (χ4n) is 2.99. The maximum atomic E-state index is 13.1. The molecule has 8 nitrogen and oxygen atoms in total. The van der Waals surface area contributed by atoms with Crippen molar-refractivity contribution in [3.63, 3.8) is 0 Å². The highest BCUT2D eigenvalue weighted by atomic mass is 19.4. The van der Waals surface area contributed by atoms with Gasteiger partial charge in [-0.3, -0.25) is 19.8 Å². The molecule has 11 heteroatoms. The predicted octanol–water partition coefficient (Wildman–Crippen LogP) is 2.47. The summed E-state index contributed by atoms with van der Waals surface area (Å²) >= 11 is 0. The van der Waals surface area contributed by atoms with Crippen LogP contribution in [0.2, 0.25) is 0 Å². The Morgan fingerprint density at radius 1 is 1.45 bits per heavy atom. The van der Waals surface area contributed by atoms with Gasteiger partial charge in [0.1, 0.15) is 11.3 Å². The van der Waals surface area contributed by atoms with Crippen LogP contribution in [0, 0.1) is 16.0 Å². The van der Waals surface area contributed by atoms with Gasteiger partial charge in [-0.1, -0.05) is 13.8 Å². The van der Waals surface area contributed by atoms with E-state index < -0.39 is 40.6 Å². The molecule has 1 N–H and O–H groups in total. The van der Waals surface area contributed by atoms with Crippen molar-refractivity contribution in [1.29, 1.82) is 0 Å². The van der Waals surface area contributed by atoms with Gasteiger partial charge in [0.15, 0.2) is 6.61 Å². The Morgan fingerprint density at radius 2 is 2.17 bits per heavy atom. The molecule has 0 bridgehead atoms. The molecule has 1 aromatic rings. The number of carbonyl (C=O) groups is 1. The number of nitrogens with one attached hydrogen (secondary N) is 1. The summed E-state index contributed by atoms with van der Waals surface area (Å²) in [7, 11) is 0. The number of benzene rings is 1. The SMILES string of the molecule is CC(C)CN1CCOC(CNC(=O)COc2ccc([N+](=O)[O-])cc2C(F)(F)F)C1. The third-order valence-corrected chi connectivity index (χ3v) is 4.21. The number of halogens is 3. The number of non-ortho nitro benzene ring substituents is 1. The Hall–Kier alpha value is -2.40. The summed E-state index contributed by atoms with van der Waals surface area (Å²) in [5.74, 6) is -0.752. The number of alkyl halides is 3. The van der Waals surface area contributed by atoms with Gasteiger partial charge in [-0.2, -0.15) is 13.2 Å². The van der Waals surface area contributed by atoms with E-state index in [-0.39, 0.29) is 12.6 Å². The van der Waals surface area contributed by atoms with Crippen molar-refractivity contribution in [2.24, 2.45) is 5.92 Å². The van der Waals surface area contributed by atoms with E-state index in [4.69, 9.17) is 9.47 Å². The topological polar surface area (TPSA) is 93.9 Å². The lowest BCUT2D eigenvalue weighted by Crippen LogP contribution is -2.48. The number of carbonyl (C=O) groups excluding carboxylic acids is 1. The molecule has 1 saturated heterocycles. The van der Waals surface area contributed by atoms with Crippen molar-refractivity contribution in [3.8, 4) is 5.75 Å². The van der Waals surface area contributed by atoms with E-state index in [2.05, 4.69) is 24.1 Å². The molecule has 0 aromatic heterocycles. The second-order valence-corrected chi connectivity index (χ2v) is 7.17. The average molecular weight is 419 g/mol. The highest BCUT2D eigenvalue weighted by molar-refractivity contribution is 5.77. The van der Waals surface area contributed by atoms with Crippen molar-refractivity contribution >= 4 is 11.6 Å². The van der Waals surface area contributed by atoms with E-state index >= 15 is 0 Å². The lowest BCUT2D eigenvalue weighted by molar-refractivity contribution is -0.385. The molecular formula is C18H24F3N3O5. The van der Waals surface area contributed by atoms with E-state index in [0.717, 1.165) is 25.2 Å². The van der Waals surface area contributed by atoms with Crippen LogP contribution in [0.1, 0.15) is 19.4 Å². The second-order valence-electron chi connectivity index (χ2n) is 7.17. The molecule has 162 valence electrons. The molecule has 0 spiro atoms. The van der Waals surface area contributed by atoms with Gasteiger partial charge in [0.05, 0.1) is 17.6 Å². The van der Waals surface area contributed by atoms with Crippen molar-refractivity contribution in [3.05, 3.63) is 33.9 Å². The average Bonchev–Trinajstić information content (AvgIpc) is 2.63. The quantitative estimate of drug-likeness (QED) is 0.514. The summed E-state index contributed by atoms with van der Waals surface area (Å²) in [6, 6.07) is 2.11. The van der Waals surface area contributed by atoms with Gasteiger partial charge in [-0.05, 0) is 12.0 Å². The van der Waals surface area contributed by atoms with Gasteiger partial charge in [0.25, 0.3) is 11.6 Å². The Kier molecular flexibility index (Phi) is 7.80. The summed E-state index contributed by atoms with van der Waals surface area (Å²) in [5, 5.41) is 13.3. The maximum Gasteiger partial charge on any atom is 0.420 e. The van der Waals surface area contributed by atoms with Crippen molar-refractivity contribution in [1.82, 2.24) is 10.2 Å². The van der Waals surface area contributed by atoms with E-state index in [1.54, 1.807) is 0 Å². The number of nitro benzene ring substituents is 1. The molecule has 0 radical (unpaired) electrons. The Balaban J connectivity index is 1.88. The highest BCUT2D eigenvalue weighted by Crippen LogP contribution is 2.38. The van der Waals surface area contributed by atoms with Gasteiger partial charge < -0.3 is 14.8 Å². The van der Waals surface area contributed by atoms with Gasteiger partial charge in [0.2, 0.25) is 0 Å². The molecule has 2 rings (SSSR count). The minimum absolute atomic E-state index is 0.211. The summed E-state index contributed by atoms with van der Waals surface area (Å²) in [6.45, 7) is 6.70. The van der Waals surface area contributed by atoms with Crippen LogP contribution >= 0.6 is 0 Å². The lowest BCUT2D eigenvalue weighted by atomic mass is 10.1. The fourth-order valence-corrected chi connectivity index (χ4v) is 2.99. The third-order valence-electron chi connectivity index (χ3n) is 4.21. The Morgan fingerprint density at radius 3 is 2.79 bits per heavy atom. The molecular weight excluding hydrogens is 395 g/mol. The van der Waals surface area contributed by atoms with E-state index in [1.165, 1.54) is 0 Å². The molecule has 1 aromatic carbocycles. The van der Waals surface area contributed by atoms with Crippen molar-refractivity contribution < 1.29 is 32.4 Å². The van der Waals surface area contributed by atoms with Crippen LogP contribution in [-0.4, -0.2) is 61.2 Å². The van der Waals surface area contributed by atoms with E-state index in [1.807, 2.05) is 0 Å². The molecule has 1 atom stereocenters. The zero-order valence-corrected chi connectivity index (χ0v) is 16.2. The van der Waals surface area contributed by atoms with Crippen LogP contribution in [0.5, 0.6) is 5.75 Å². The number of nitrogens with zero attached hydrogens (tertiary/aromatic N) is 2. The lowest BCUT2D eigenvalue weighted by Gasteiger charge is -2.33. The summed E-state index contributed by atoms with van der Waals surface area (Å²) in [4.78, 5) is 24.0. The number of hydrogen-bond acceptors (Lipinski definition) is 6. The first-order valence-corrected chi connectivity index (χ1v) is 9.15. The summed E-state index contributed by atoms with van der Waals surface area (Å²) < 4.78 is 49.9. The number of morpholine rings is 1. The molecule has 1 aliphatic rings. The Labute approximate surface area is 166 Å². The first kappa shape index (κ1) is 22.9. The largest absolute Gasteiger partial charge is 0.483 e. The fraction of sp³-hybridized carbons (Fsp3) is 0.611. The monoisotopic (exact) mass is 419 g/mol. The summed E-state index contributed by atoms with van der Waals surface area (Å²) in [5.41, 5.74) is -2.02. The van der Waals surface area contributed by atoms with Crippen LogP contribution in [0.25, 0.3) is 0 Å². The minimum atomic E-state index is -4.85. The van der Waals surface area contributed by atoms with Gasteiger partial charge in [-0.25, -0.2) is 0 Å². The van der Waals surface area contributed by atoms with Crippen molar-refractivity contribution in [2.75, 3.05) is 39.4 Å². The number of nitro groups is 1. The predicted molar refractivity (Wildman–Crippen MR) is 97.6 cm³/mol. The molecule has 1 aliphatic heterocycles. The molecule has 1 fully saturated rings. The van der Waals surface area contributed by atoms with Gasteiger partial charge in [0, 0.05) is 38.3 Å². The number of hydrogen-bond donors (Lipinski definition) is 1. The molecule has 29 heavy (non-hydrogen) atoms. The highest BCUT2D eigenvalue weighted by Gasteiger charge is 2.36. The molecule has 0 saturated carbocycles. The maximum absolute atomic E-state index is 13.1. The third kappa shape index (κ3) is 7.17. The van der Waals surface area contributed by atoms with Crippen LogP contribution in [0.15, 0.2) is 18.2 Å². The number of rotatable bonds is 8. The van der Waals surface area contributed by atoms with E-state index in [9.17, 15) is 28.1 Å². The minimum Gasteiger partial charge on any atom is -0.483 e. The second kappa shape index (κ2) is 9.88. The number of amides is 1. The normalized spacial score (nSPS) is 17.9. The molecule has 0 aliphatic carbocycles. The van der Waals surface area contributed by atoms with Crippen LogP contribution in [-0.2, 0) is 15.7 Å². The first-order chi connectivity index (χ1) is 13.6. The molecule has 1 amide bonds. The zero-order valence-electron chi connectivity index (χ0n) is 16.2. The van der Waals surface area contributed by atoms with Crippen LogP contribution in [0.4, 0.5) is 18.9 Å². The van der Waals surface area contributed by atoms with Crippen molar-refractivity contribution in [2.45, 2.75) is 26.1 Å². The van der Waals surface area contributed by atoms with Gasteiger partial charge in [-0.15, -0.1) is 0 Å². The number of ether oxygens (including phenoxy) is 2. The van der Waals surface area contributed by atoms with Crippen LogP contribution < -0.4 is 10.1 Å². The van der Waals surface area contributed by atoms with Gasteiger partial charge >= 0.3 is 6.18 Å². The van der Waals surface area contributed by atoms with Crippen LogP contribution in [0.3, 0.4) is 0 Å². The smallest absolute Gasteiger partial charge is 0.420 e. The Bertz CT molecular complexity index is 727.